The topological polar surface area (TPSA) is 34.9 Å². The Labute approximate surface area is 119 Å². The number of imidazole rings is 1. The van der Waals surface area contributed by atoms with Gasteiger partial charge in [-0.25, -0.2) is 4.98 Å². The smallest absolute Gasteiger partial charge is 0.168 e. The molecule has 0 bridgehead atoms. The zero-order chi connectivity index (χ0) is 13.1. The highest BCUT2D eigenvalue weighted by Crippen LogP contribution is 2.37. The lowest BCUT2D eigenvalue weighted by atomic mass is 10.4. The van der Waals surface area contributed by atoms with Crippen molar-refractivity contribution in [2.45, 2.75) is 28.9 Å². The van der Waals surface area contributed by atoms with Gasteiger partial charge in [-0.15, -0.1) is 0 Å². The number of thioether (sulfide) groups is 1. The summed E-state index contributed by atoms with van der Waals surface area (Å²) in [6.45, 7) is 0. The Morgan fingerprint density at radius 3 is 2.84 bits per heavy atom. The van der Waals surface area contributed by atoms with Gasteiger partial charge in [0.2, 0.25) is 0 Å². The zero-order valence-corrected chi connectivity index (χ0v) is 12.2. The van der Waals surface area contributed by atoms with Crippen molar-refractivity contribution in [3.8, 4) is 0 Å². The summed E-state index contributed by atoms with van der Waals surface area (Å²) in [6, 6.07) is 10.3. The molecule has 3 rings (SSSR count). The molecule has 1 saturated carbocycles. The van der Waals surface area contributed by atoms with Crippen LogP contribution in [0.5, 0.6) is 0 Å². The van der Waals surface area contributed by atoms with Crippen molar-refractivity contribution in [3.05, 3.63) is 42.7 Å². The molecule has 2 aromatic rings. The average molecular weight is 292 g/mol. The maximum absolute atomic E-state index is 12.1. The number of hydrogen-bond donors (Lipinski definition) is 0. The lowest BCUT2D eigenvalue weighted by Crippen LogP contribution is -2.02. The normalized spacial score (nSPS) is 16.4. The van der Waals surface area contributed by atoms with E-state index in [-0.39, 0.29) is 0 Å². The molecular weight excluding hydrogens is 276 g/mol. The van der Waals surface area contributed by atoms with Crippen molar-refractivity contribution in [3.63, 3.8) is 0 Å². The summed E-state index contributed by atoms with van der Waals surface area (Å²) in [4.78, 5) is 5.28. The van der Waals surface area contributed by atoms with E-state index in [0.717, 1.165) is 15.8 Å². The van der Waals surface area contributed by atoms with Crippen molar-refractivity contribution in [1.29, 1.82) is 0 Å². The Morgan fingerprint density at radius 1 is 1.32 bits per heavy atom. The van der Waals surface area contributed by atoms with E-state index in [0.29, 0.717) is 11.8 Å². The Kier molecular flexibility index (Phi) is 4.03. The van der Waals surface area contributed by atoms with E-state index in [2.05, 4.69) is 9.55 Å². The second kappa shape index (κ2) is 5.92. The molecule has 0 radical (unpaired) electrons. The van der Waals surface area contributed by atoms with Crippen molar-refractivity contribution in [2.75, 3.05) is 11.5 Å². The number of aromatic nitrogens is 2. The fourth-order valence-electron chi connectivity index (χ4n) is 1.94. The molecule has 0 aliphatic heterocycles. The van der Waals surface area contributed by atoms with Gasteiger partial charge in [0.25, 0.3) is 0 Å². The zero-order valence-electron chi connectivity index (χ0n) is 10.6. The Balaban J connectivity index is 1.53. The predicted molar refractivity (Wildman–Crippen MR) is 78.9 cm³/mol. The summed E-state index contributed by atoms with van der Waals surface area (Å²) < 4.78 is 14.3. The Hall–Kier alpha value is -1.07. The third-order valence-corrected chi connectivity index (χ3v) is 5.69. The number of benzene rings is 1. The minimum Gasteiger partial charge on any atom is -0.323 e. The van der Waals surface area contributed by atoms with E-state index in [1.54, 1.807) is 11.8 Å². The quantitative estimate of drug-likeness (QED) is 0.767. The maximum atomic E-state index is 12.1. The fraction of sp³-hybridized carbons (Fsp3) is 0.357. The van der Waals surface area contributed by atoms with Crippen LogP contribution in [0, 0.1) is 0 Å². The highest BCUT2D eigenvalue weighted by Gasteiger charge is 2.25. The van der Waals surface area contributed by atoms with Gasteiger partial charge in [0.05, 0.1) is 10.8 Å². The molecule has 0 saturated heterocycles. The van der Waals surface area contributed by atoms with Crippen LogP contribution in [0.4, 0.5) is 0 Å². The highest BCUT2D eigenvalue weighted by molar-refractivity contribution is 8.00. The number of rotatable bonds is 6. The van der Waals surface area contributed by atoms with Crippen LogP contribution in [-0.2, 0) is 10.8 Å². The van der Waals surface area contributed by atoms with Gasteiger partial charge < -0.3 is 4.57 Å². The van der Waals surface area contributed by atoms with Crippen molar-refractivity contribution >= 4 is 22.6 Å². The van der Waals surface area contributed by atoms with Crippen LogP contribution in [-0.4, -0.2) is 25.3 Å². The van der Waals surface area contributed by atoms with Crippen LogP contribution in [0.25, 0.3) is 0 Å². The number of hydrogen-bond acceptors (Lipinski definition) is 3. The summed E-state index contributed by atoms with van der Waals surface area (Å²) in [6.07, 6.45) is 6.43. The Bertz CT molecular complexity index is 564. The molecule has 1 aliphatic rings. The molecule has 1 aliphatic carbocycles. The van der Waals surface area contributed by atoms with Gasteiger partial charge in [-0.05, 0) is 25.0 Å². The first-order chi connectivity index (χ1) is 9.34. The lowest BCUT2D eigenvalue weighted by Gasteiger charge is -2.05. The first-order valence-corrected chi connectivity index (χ1v) is 8.74. The van der Waals surface area contributed by atoms with Crippen LogP contribution >= 0.6 is 11.8 Å². The molecule has 1 heterocycles. The molecule has 100 valence electrons. The van der Waals surface area contributed by atoms with Crippen molar-refractivity contribution < 1.29 is 4.21 Å². The van der Waals surface area contributed by atoms with Gasteiger partial charge in [-0.2, -0.15) is 0 Å². The second-order valence-electron chi connectivity index (χ2n) is 4.56. The molecule has 1 aromatic heterocycles. The molecule has 0 unspecified atom stereocenters. The second-order valence-corrected chi connectivity index (χ2v) is 7.19. The minimum absolute atomic E-state index is 0.657. The van der Waals surface area contributed by atoms with Crippen LogP contribution in [0.2, 0.25) is 0 Å². The molecule has 0 spiro atoms. The number of nitrogens with zero attached hydrogens (tertiary/aromatic N) is 2. The van der Waals surface area contributed by atoms with E-state index in [1.165, 1.54) is 12.8 Å². The molecule has 5 heteroatoms. The molecule has 0 amide bonds. The first-order valence-electron chi connectivity index (χ1n) is 6.43. The molecule has 1 fully saturated rings. The third kappa shape index (κ3) is 3.28. The molecule has 0 N–H and O–H groups in total. The average Bonchev–Trinajstić information content (AvgIpc) is 3.19. The van der Waals surface area contributed by atoms with Gasteiger partial charge in [0.15, 0.2) is 5.16 Å². The minimum atomic E-state index is -0.904. The van der Waals surface area contributed by atoms with E-state index in [4.69, 9.17) is 0 Å². The molecular formula is C14H16N2OS2. The summed E-state index contributed by atoms with van der Waals surface area (Å²) >= 11 is 1.70. The summed E-state index contributed by atoms with van der Waals surface area (Å²) in [5, 5.41) is 1.06. The Morgan fingerprint density at radius 2 is 2.11 bits per heavy atom. The SMILES string of the molecule is O=[S@](CCSc1nccn1C1CC1)c1ccccc1. The van der Waals surface area contributed by atoms with Crippen LogP contribution in [0.3, 0.4) is 0 Å². The van der Waals surface area contributed by atoms with Gasteiger partial charge in [-0.1, -0.05) is 30.0 Å². The van der Waals surface area contributed by atoms with Gasteiger partial charge in [0, 0.05) is 34.8 Å². The van der Waals surface area contributed by atoms with E-state index in [9.17, 15) is 4.21 Å². The molecule has 19 heavy (non-hydrogen) atoms. The van der Waals surface area contributed by atoms with Crippen LogP contribution in [0.15, 0.2) is 52.8 Å². The van der Waals surface area contributed by atoms with E-state index >= 15 is 0 Å². The maximum Gasteiger partial charge on any atom is 0.168 e. The van der Waals surface area contributed by atoms with Gasteiger partial charge >= 0.3 is 0 Å². The lowest BCUT2D eigenvalue weighted by molar-refractivity contribution is 0.663. The molecule has 1 atom stereocenters. The summed E-state index contributed by atoms with van der Waals surface area (Å²) in [7, 11) is -0.904. The third-order valence-electron chi connectivity index (χ3n) is 3.08. The van der Waals surface area contributed by atoms with Crippen LogP contribution < -0.4 is 0 Å². The summed E-state index contributed by atoms with van der Waals surface area (Å²) in [5.74, 6) is 1.51. The standard InChI is InChI=1S/C14H16N2OS2/c17-19(13-4-2-1-3-5-13)11-10-18-14-15-8-9-16(14)12-6-7-12/h1-5,8-9,12H,6-7,10-11H2/t19-/m1/s1. The van der Waals surface area contributed by atoms with Gasteiger partial charge in [0.1, 0.15) is 0 Å². The van der Waals surface area contributed by atoms with Crippen LogP contribution in [0.1, 0.15) is 18.9 Å². The van der Waals surface area contributed by atoms with E-state index < -0.39 is 10.8 Å². The van der Waals surface area contributed by atoms with Crippen molar-refractivity contribution in [1.82, 2.24) is 9.55 Å². The van der Waals surface area contributed by atoms with Crippen molar-refractivity contribution in [2.24, 2.45) is 0 Å². The molecule has 3 nitrogen and oxygen atoms in total. The van der Waals surface area contributed by atoms with Gasteiger partial charge in [-0.3, -0.25) is 4.21 Å². The summed E-state index contributed by atoms with van der Waals surface area (Å²) in [5.41, 5.74) is 0. The monoisotopic (exact) mass is 292 g/mol. The first kappa shape index (κ1) is 12.9. The van der Waals surface area contributed by atoms with E-state index in [1.807, 2.05) is 42.7 Å². The fourth-order valence-corrected chi connectivity index (χ4v) is 4.25. The molecule has 1 aromatic carbocycles. The predicted octanol–water partition coefficient (Wildman–Crippen LogP) is 3.12. The largest absolute Gasteiger partial charge is 0.323 e. The highest BCUT2D eigenvalue weighted by atomic mass is 32.2.